The van der Waals surface area contributed by atoms with Gasteiger partial charge in [0.2, 0.25) is 0 Å². The molecule has 0 bridgehead atoms. The second kappa shape index (κ2) is 2.89. The predicted molar refractivity (Wildman–Crippen MR) is 57.9 cm³/mol. The van der Waals surface area contributed by atoms with E-state index in [4.69, 9.17) is 0 Å². The van der Waals surface area contributed by atoms with Crippen molar-refractivity contribution in [3.63, 3.8) is 0 Å². The van der Waals surface area contributed by atoms with Crippen LogP contribution in [0.25, 0.3) is 5.69 Å². The van der Waals surface area contributed by atoms with Crippen LogP contribution >= 0.6 is 11.8 Å². The lowest BCUT2D eigenvalue weighted by molar-refractivity contribution is 0.922. The molecule has 0 radical (unpaired) electrons. The van der Waals surface area contributed by atoms with Crippen molar-refractivity contribution >= 4 is 11.8 Å². The van der Waals surface area contributed by atoms with Crippen molar-refractivity contribution < 1.29 is 0 Å². The number of para-hydroxylation sites is 1. The molecule has 0 unspecified atom stereocenters. The Balaban J connectivity index is 2.28. The van der Waals surface area contributed by atoms with Crippen LogP contribution in [0.4, 0.5) is 0 Å². The number of hydrogen-bond donors (Lipinski definition) is 0. The number of aromatic nitrogens is 2. The predicted octanol–water partition coefficient (Wildman–Crippen LogP) is 2.79. The Bertz CT molecular complexity index is 488. The Morgan fingerprint density at radius 1 is 1.36 bits per heavy atom. The molecule has 0 spiro atoms. The number of rotatable bonds is 0. The molecule has 0 saturated heterocycles. The number of thioether (sulfide) groups is 1. The van der Waals surface area contributed by atoms with Gasteiger partial charge in [-0.3, -0.25) is 0 Å². The molecule has 2 nitrogen and oxygen atoms in total. The molecular formula is C11H10N2S. The van der Waals surface area contributed by atoms with Crippen LogP contribution in [0, 0.1) is 6.92 Å². The van der Waals surface area contributed by atoms with Gasteiger partial charge in [-0.05, 0) is 19.1 Å². The van der Waals surface area contributed by atoms with Gasteiger partial charge in [0.15, 0.2) is 0 Å². The molecule has 2 heterocycles. The van der Waals surface area contributed by atoms with E-state index in [1.807, 2.05) is 18.7 Å². The highest BCUT2D eigenvalue weighted by Crippen LogP contribution is 2.34. The van der Waals surface area contributed by atoms with Crippen molar-refractivity contribution in [1.29, 1.82) is 0 Å². The van der Waals surface area contributed by atoms with Crippen molar-refractivity contribution in [2.45, 2.75) is 17.6 Å². The summed E-state index contributed by atoms with van der Waals surface area (Å²) < 4.78 is 2.20. The maximum Gasteiger partial charge on any atom is 0.123 e. The fourth-order valence-corrected chi connectivity index (χ4v) is 2.76. The van der Waals surface area contributed by atoms with Crippen molar-refractivity contribution in [1.82, 2.24) is 9.55 Å². The van der Waals surface area contributed by atoms with Crippen molar-refractivity contribution in [2.75, 3.05) is 0 Å². The van der Waals surface area contributed by atoms with E-state index in [0.29, 0.717) is 0 Å². The highest BCUT2D eigenvalue weighted by Gasteiger charge is 2.16. The quantitative estimate of drug-likeness (QED) is 0.653. The van der Waals surface area contributed by atoms with Crippen molar-refractivity contribution in [3.8, 4) is 5.69 Å². The van der Waals surface area contributed by atoms with Gasteiger partial charge in [-0.1, -0.05) is 12.1 Å². The summed E-state index contributed by atoms with van der Waals surface area (Å²) in [5.41, 5.74) is 2.36. The fraction of sp³-hybridized carbons (Fsp3) is 0.182. The average Bonchev–Trinajstić information content (AvgIpc) is 2.59. The second-order valence-electron chi connectivity index (χ2n) is 3.42. The minimum atomic E-state index is 0.977. The number of benzene rings is 1. The first-order chi connectivity index (χ1) is 6.84. The van der Waals surface area contributed by atoms with Crippen LogP contribution in [0.1, 0.15) is 11.5 Å². The summed E-state index contributed by atoms with van der Waals surface area (Å²) in [7, 11) is 0. The molecule has 2 aromatic rings. The van der Waals surface area contributed by atoms with E-state index in [-0.39, 0.29) is 0 Å². The van der Waals surface area contributed by atoms with Crippen LogP contribution in [-0.4, -0.2) is 9.55 Å². The van der Waals surface area contributed by atoms with Gasteiger partial charge in [-0.25, -0.2) is 4.98 Å². The van der Waals surface area contributed by atoms with E-state index in [1.54, 1.807) is 0 Å². The Hall–Kier alpha value is -1.22. The molecule has 3 rings (SSSR count). The molecule has 0 aliphatic carbocycles. The molecular weight excluding hydrogens is 192 g/mol. The lowest BCUT2D eigenvalue weighted by atomic mass is 10.3. The molecule has 1 aliphatic heterocycles. The largest absolute Gasteiger partial charge is 0.302 e. The molecule has 0 fully saturated rings. The molecule has 0 atom stereocenters. The first-order valence-corrected chi connectivity index (χ1v) is 5.60. The summed E-state index contributed by atoms with van der Waals surface area (Å²) >= 11 is 1.86. The summed E-state index contributed by atoms with van der Waals surface area (Å²) in [4.78, 5) is 5.84. The molecule has 0 amide bonds. The Kier molecular flexibility index (Phi) is 1.67. The molecule has 1 aromatic heterocycles. The van der Waals surface area contributed by atoms with Crippen molar-refractivity contribution in [2.24, 2.45) is 0 Å². The molecule has 3 heteroatoms. The lowest BCUT2D eigenvalue weighted by Gasteiger charge is -2.17. The standard InChI is InChI=1S/C11H10N2S/c1-8-6-13-9-4-2-3-5-10(9)14-7-11(13)12-8/h2-6H,7H2,1H3. The number of aryl methyl sites for hydroxylation is 1. The second-order valence-corrected chi connectivity index (χ2v) is 4.44. The number of hydrogen-bond acceptors (Lipinski definition) is 2. The fourth-order valence-electron chi connectivity index (χ4n) is 1.78. The monoisotopic (exact) mass is 202 g/mol. The Labute approximate surface area is 87.0 Å². The van der Waals surface area contributed by atoms with Gasteiger partial charge in [-0.15, -0.1) is 11.8 Å². The summed E-state index contributed by atoms with van der Waals surface area (Å²) in [6.45, 7) is 2.04. The van der Waals surface area contributed by atoms with E-state index in [9.17, 15) is 0 Å². The average molecular weight is 202 g/mol. The molecule has 0 N–H and O–H groups in total. The van der Waals surface area contributed by atoms with Crippen LogP contribution in [-0.2, 0) is 5.75 Å². The van der Waals surface area contributed by atoms with Crippen LogP contribution in [0.5, 0.6) is 0 Å². The van der Waals surface area contributed by atoms with Gasteiger partial charge >= 0.3 is 0 Å². The highest BCUT2D eigenvalue weighted by atomic mass is 32.2. The number of imidazole rings is 1. The van der Waals surface area contributed by atoms with Crippen LogP contribution in [0.3, 0.4) is 0 Å². The molecule has 70 valence electrons. The number of fused-ring (bicyclic) bond motifs is 3. The summed E-state index contributed by atoms with van der Waals surface area (Å²) in [6, 6.07) is 8.47. The van der Waals surface area contributed by atoms with Gasteiger partial charge in [0.05, 0.1) is 17.1 Å². The van der Waals surface area contributed by atoms with Crippen LogP contribution < -0.4 is 0 Å². The zero-order valence-corrected chi connectivity index (χ0v) is 8.71. The van der Waals surface area contributed by atoms with Gasteiger partial charge in [0.1, 0.15) is 5.82 Å². The zero-order valence-electron chi connectivity index (χ0n) is 7.90. The highest BCUT2D eigenvalue weighted by molar-refractivity contribution is 7.98. The Morgan fingerprint density at radius 3 is 3.14 bits per heavy atom. The maximum absolute atomic E-state index is 4.49. The van der Waals surface area contributed by atoms with Gasteiger partial charge in [0.25, 0.3) is 0 Å². The zero-order chi connectivity index (χ0) is 9.54. The van der Waals surface area contributed by atoms with Crippen molar-refractivity contribution in [3.05, 3.63) is 42.0 Å². The van der Waals surface area contributed by atoms with E-state index >= 15 is 0 Å². The van der Waals surface area contributed by atoms with E-state index < -0.39 is 0 Å². The summed E-state index contributed by atoms with van der Waals surface area (Å²) in [5, 5.41) is 0. The third-order valence-electron chi connectivity index (χ3n) is 2.38. The van der Waals surface area contributed by atoms with Crippen LogP contribution in [0.15, 0.2) is 35.4 Å². The van der Waals surface area contributed by atoms with E-state index in [2.05, 4.69) is 40.0 Å². The first-order valence-electron chi connectivity index (χ1n) is 4.62. The minimum absolute atomic E-state index is 0.977. The molecule has 14 heavy (non-hydrogen) atoms. The summed E-state index contributed by atoms with van der Waals surface area (Å²) in [5.74, 6) is 2.14. The number of nitrogens with zero attached hydrogens (tertiary/aromatic N) is 2. The SMILES string of the molecule is Cc1cn2c(n1)CSc1ccccc1-2. The first kappa shape index (κ1) is 8.12. The van der Waals surface area contributed by atoms with E-state index in [0.717, 1.165) is 17.3 Å². The van der Waals surface area contributed by atoms with Gasteiger partial charge in [0, 0.05) is 11.1 Å². The topological polar surface area (TPSA) is 17.8 Å². The summed E-state index contributed by atoms with van der Waals surface area (Å²) in [6.07, 6.45) is 2.11. The van der Waals surface area contributed by atoms with Crippen LogP contribution in [0.2, 0.25) is 0 Å². The minimum Gasteiger partial charge on any atom is -0.302 e. The lowest BCUT2D eigenvalue weighted by Crippen LogP contribution is -2.04. The Morgan fingerprint density at radius 2 is 2.21 bits per heavy atom. The third-order valence-corrected chi connectivity index (χ3v) is 3.44. The van der Waals surface area contributed by atoms with E-state index in [1.165, 1.54) is 10.6 Å². The van der Waals surface area contributed by atoms with Gasteiger partial charge in [-0.2, -0.15) is 0 Å². The third kappa shape index (κ3) is 1.09. The maximum atomic E-state index is 4.49. The molecule has 0 saturated carbocycles. The van der Waals surface area contributed by atoms with Gasteiger partial charge < -0.3 is 4.57 Å². The molecule has 1 aliphatic rings. The smallest absolute Gasteiger partial charge is 0.123 e. The molecule has 1 aromatic carbocycles. The normalized spacial score (nSPS) is 13.5.